The molecule has 3 N–H and O–H groups in total. The maximum Gasteiger partial charge on any atom is 0.228 e. The van der Waals surface area contributed by atoms with E-state index in [2.05, 4.69) is 41.2 Å². The van der Waals surface area contributed by atoms with Gasteiger partial charge in [-0.2, -0.15) is 0 Å². The monoisotopic (exact) mass is 381 g/mol. The summed E-state index contributed by atoms with van der Waals surface area (Å²) in [6.45, 7) is 0. The smallest absolute Gasteiger partial charge is 0.228 e. The zero-order chi connectivity index (χ0) is 16.4. The lowest BCUT2D eigenvalue weighted by Crippen LogP contribution is -2.29. The Kier molecular flexibility index (Phi) is 4.37. The van der Waals surface area contributed by atoms with Crippen LogP contribution in [0.15, 0.2) is 32.3 Å². The highest BCUT2D eigenvalue weighted by molar-refractivity contribution is 9.10. The van der Waals surface area contributed by atoms with Crippen molar-refractivity contribution in [2.24, 2.45) is 16.6 Å². The second-order valence-corrected chi connectivity index (χ2v) is 6.03. The lowest BCUT2D eigenvalue weighted by molar-refractivity contribution is -0.122. The lowest BCUT2D eigenvalue weighted by atomic mass is 9.85. The van der Waals surface area contributed by atoms with Crippen molar-refractivity contribution < 1.29 is 13.8 Å². The second-order valence-electron chi connectivity index (χ2n) is 5.17. The third-order valence-corrected chi connectivity index (χ3v) is 4.21. The predicted octanol–water partition coefficient (Wildman–Crippen LogP) is 2.75. The van der Waals surface area contributed by atoms with Crippen molar-refractivity contribution in [1.29, 1.82) is 0 Å². The van der Waals surface area contributed by atoms with E-state index >= 15 is 0 Å². The number of hydrogen-bond donors (Lipinski definition) is 2. The summed E-state index contributed by atoms with van der Waals surface area (Å²) >= 11 is 3.07. The predicted molar refractivity (Wildman–Crippen MR) is 84.8 cm³/mol. The molecule has 1 amide bonds. The fourth-order valence-corrected chi connectivity index (χ4v) is 2.44. The molecular formula is C14H13BrFN5O2. The maximum absolute atomic E-state index is 13.2. The van der Waals surface area contributed by atoms with Crippen LogP contribution in [0.2, 0.25) is 0 Å². The van der Waals surface area contributed by atoms with Gasteiger partial charge in [-0.05, 0) is 57.3 Å². The fraction of sp³-hybridized carbons (Fsp3) is 0.286. The number of benzene rings is 1. The van der Waals surface area contributed by atoms with Crippen molar-refractivity contribution >= 4 is 39.2 Å². The van der Waals surface area contributed by atoms with E-state index in [4.69, 9.17) is 5.73 Å². The van der Waals surface area contributed by atoms with Crippen molar-refractivity contribution in [2.75, 3.05) is 5.32 Å². The van der Waals surface area contributed by atoms with E-state index in [1.807, 2.05) is 0 Å². The maximum atomic E-state index is 13.2. The number of amidine groups is 1. The van der Waals surface area contributed by atoms with E-state index in [0.717, 1.165) is 19.3 Å². The molecule has 0 spiro atoms. The van der Waals surface area contributed by atoms with Crippen LogP contribution in [-0.4, -0.2) is 22.1 Å². The quantitative estimate of drug-likeness (QED) is 0.625. The molecule has 1 aromatic carbocycles. The minimum absolute atomic E-state index is 0.00803. The fourth-order valence-electron chi connectivity index (χ4n) is 2.07. The molecule has 23 heavy (non-hydrogen) atoms. The van der Waals surface area contributed by atoms with E-state index in [0.29, 0.717) is 5.69 Å². The molecule has 7 nitrogen and oxygen atoms in total. The summed E-state index contributed by atoms with van der Waals surface area (Å²) in [4.78, 5) is 16.1. The zero-order valence-corrected chi connectivity index (χ0v) is 13.5. The number of rotatable bonds is 4. The first-order valence-corrected chi connectivity index (χ1v) is 7.77. The van der Waals surface area contributed by atoms with Gasteiger partial charge in [0.1, 0.15) is 5.82 Å². The van der Waals surface area contributed by atoms with Gasteiger partial charge in [-0.1, -0.05) is 6.42 Å². The zero-order valence-electron chi connectivity index (χ0n) is 11.9. The number of nitrogens with two attached hydrogens (primary N) is 1. The summed E-state index contributed by atoms with van der Waals surface area (Å²) in [5, 5.41) is 9.95. The molecule has 9 heteroatoms. The van der Waals surface area contributed by atoms with Gasteiger partial charge in [0.2, 0.25) is 11.7 Å². The molecule has 1 fully saturated rings. The van der Waals surface area contributed by atoms with Crippen LogP contribution in [-0.2, 0) is 4.79 Å². The van der Waals surface area contributed by atoms with Crippen molar-refractivity contribution in [3.63, 3.8) is 0 Å². The van der Waals surface area contributed by atoms with Gasteiger partial charge >= 0.3 is 0 Å². The van der Waals surface area contributed by atoms with E-state index in [1.54, 1.807) is 0 Å². The van der Waals surface area contributed by atoms with Gasteiger partial charge in [-0.3, -0.25) is 4.79 Å². The van der Waals surface area contributed by atoms with E-state index < -0.39 is 5.82 Å². The highest BCUT2D eigenvalue weighted by atomic mass is 79.9. The standard InChI is InChI=1S/C14H13BrFN5O2/c15-9-6-8(4-5-10(9)16)18-12(17)11-13(21-23-20-11)19-14(22)7-2-1-3-7/h4-7H,1-3H2,(H2,17,18)(H,19,21,22). The van der Waals surface area contributed by atoms with Crippen LogP contribution in [0.5, 0.6) is 0 Å². The summed E-state index contributed by atoms with van der Waals surface area (Å²) in [5.41, 5.74) is 6.45. The number of carbonyl (C=O) groups excluding carboxylic acids is 1. The first-order chi connectivity index (χ1) is 11.0. The van der Waals surface area contributed by atoms with Crippen LogP contribution in [0.25, 0.3) is 0 Å². The number of nitrogens with one attached hydrogen (secondary N) is 1. The van der Waals surface area contributed by atoms with Gasteiger partial charge in [0, 0.05) is 5.92 Å². The van der Waals surface area contributed by atoms with Gasteiger partial charge in [0.05, 0.1) is 10.2 Å². The lowest BCUT2D eigenvalue weighted by Gasteiger charge is -2.23. The van der Waals surface area contributed by atoms with Gasteiger partial charge in [-0.25, -0.2) is 14.0 Å². The molecule has 1 aliphatic carbocycles. The Morgan fingerprint density at radius 2 is 2.22 bits per heavy atom. The molecule has 0 unspecified atom stereocenters. The van der Waals surface area contributed by atoms with Crippen LogP contribution >= 0.6 is 15.9 Å². The number of carbonyl (C=O) groups is 1. The van der Waals surface area contributed by atoms with E-state index in [9.17, 15) is 9.18 Å². The van der Waals surface area contributed by atoms with Crippen LogP contribution < -0.4 is 11.1 Å². The van der Waals surface area contributed by atoms with E-state index in [1.165, 1.54) is 18.2 Å². The number of amides is 1. The van der Waals surface area contributed by atoms with Crippen LogP contribution in [0, 0.1) is 11.7 Å². The van der Waals surface area contributed by atoms with Gasteiger partial charge in [0.15, 0.2) is 11.5 Å². The Bertz CT molecular complexity index is 772. The first kappa shape index (κ1) is 15.6. The number of nitrogens with zero attached hydrogens (tertiary/aromatic N) is 3. The Hall–Kier alpha value is -2.29. The van der Waals surface area contributed by atoms with Gasteiger partial charge < -0.3 is 11.1 Å². The molecule has 0 aliphatic heterocycles. The van der Waals surface area contributed by atoms with Crippen molar-refractivity contribution in [3.05, 3.63) is 34.2 Å². The molecule has 1 aliphatic rings. The second kappa shape index (κ2) is 6.45. The number of anilines is 1. The molecular weight excluding hydrogens is 369 g/mol. The van der Waals surface area contributed by atoms with Crippen LogP contribution in [0.1, 0.15) is 25.0 Å². The summed E-state index contributed by atoms with van der Waals surface area (Å²) in [7, 11) is 0. The minimum atomic E-state index is -0.404. The van der Waals surface area contributed by atoms with Gasteiger partial charge in [-0.15, -0.1) is 0 Å². The average molecular weight is 382 g/mol. The third-order valence-electron chi connectivity index (χ3n) is 3.60. The number of aliphatic imine (C=N–C) groups is 1. The summed E-state index contributed by atoms with van der Waals surface area (Å²) in [6, 6.07) is 4.20. The van der Waals surface area contributed by atoms with E-state index in [-0.39, 0.29) is 33.6 Å². The average Bonchev–Trinajstić information content (AvgIpc) is 2.89. The highest BCUT2D eigenvalue weighted by Gasteiger charge is 2.27. The molecule has 1 saturated carbocycles. The summed E-state index contributed by atoms with van der Waals surface area (Å²) < 4.78 is 18.1. The minimum Gasteiger partial charge on any atom is -0.382 e. The molecule has 1 heterocycles. The number of aromatic nitrogens is 2. The Labute approximate surface area is 139 Å². The highest BCUT2D eigenvalue weighted by Crippen LogP contribution is 2.28. The number of hydrogen-bond acceptors (Lipinski definition) is 5. The van der Waals surface area contributed by atoms with Crippen molar-refractivity contribution in [3.8, 4) is 0 Å². The normalized spacial score (nSPS) is 15.3. The van der Waals surface area contributed by atoms with Crippen molar-refractivity contribution in [2.45, 2.75) is 19.3 Å². The Morgan fingerprint density at radius 1 is 1.43 bits per heavy atom. The van der Waals surface area contributed by atoms with Crippen LogP contribution in [0.3, 0.4) is 0 Å². The molecule has 0 atom stereocenters. The number of halogens is 2. The SMILES string of the molecule is NC(=Nc1ccc(F)c(Br)c1)c1nonc1NC(=O)C1CCC1. The van der Waals surface area contributed by atoms with Crippen LogP contribution in [0.4, 0.5) is 15.9 Å². The topological polar surface area (TPSA) is 106 Å². The first-order valence-electron chi connectivity index (χ1n) is 6.97. The summed E-state index contributed by atoms with van der Waals surface area (Å²) in [6.07, 6.45) is 2.77. The molecule has 1 aromatic heterocycles. The van der Waals surface area contributed by atoms with Crippen molar-refractivity contribution in [1.82, 2.24) is 10.3 Å². The molecule has 0 bridgehead atoms. The Morgan fingerprint density at radius 3 is 2.87 bits per heavy atom. The Balaban J connectivity index is 1.80. The molecule has 2 aromatic rings. The van der Waals surface area contributed by atoms with Gasteiger partial charge in [0.25, 0.3) is 0 Å². The third kappa shape index (κ3) is 3.39. The molecule has 0 saturated heterocycles. The largest absolute Gasteiger partial charge is 0.382 e. The molecule has 0 radical (unpaired) electrons. The molecule has 3 rings (SSSR count). The summed E-state index contributed by atoms with van der Waals surface area (Å²) in [5.74, 6) is -0.409. The molecule has 120 valence electrons.